The number of ether oxygens (including phenoxy) is 1. The molecule has 1 saturated heterocycles. The van der Waals surface area contributed by atoms with Gasteiger partial charge in [0.05, 0.1) is 23.1 Å². The Bertz CT molecular complexity index is 1200. The molecule has 1 amide bonds. The fourth-order valence-corrected chi connectivity index (χ4v) is 4.16. The number of hydrogen-bond donors (Lipinski definition) is 2. The van der Waals surface area contributed by atoms with Gasteiger partial charge in [-0.05, 0) is 69.5 Å². The normalized spacial score (nSPS) is 16.5. The first-order valence-corrected chi connectivity index (χ1v) is 11.3. The van der Waals surface area contributed by atoms with E-state index in [9.17, 15) is 19.1 Å². The second-order valence-corrected chi connectivity index (χ2v) is 9.56. The molecule has 1 atom stereocenters. The van der Waals surface area contributed by atoms with Crippen LogP contribution in [0.3, 0.4) is 0 Å². The van der Waals surface area contributed by atoms with Crippen molar-refractivity contribution in [1.29, 1.82) is 0 Å². The van der Waals surface area contributed by atoms with Gasteiger partial charge in [0.25, 0.3) is 0 Å². The number of carbonyl (C=O) groups is 2. The van der Waals surface area contributed by atoms with Crippen LogP contribution in [0.4, 0.5) is 15.1 Å². The molecule has 1 unspecified atom stereocenters. The molecule has 0 radical (unpaired) electrons. The number of imidazole rings is 1. The lowest BCUT2D eigenvalue weighted by Crippen LogP contribution is -2.49. The molecule has 4 rings (SSSR count). The van der Waals surface area contributed by atoms with E-state index in [-0.39, 0.29) is 17.4 Å². The third-order valence-corrected chi connectivity index (χ3v) is 5.65. The van der Waals surface area contributed by atoms with Gasteiger partial charge in [-0.2, -0.15) is 0 Å². The molecular weight excluding hydrogens is 439 g/mol. The number of hydrogen-bond acceptors (Lipinski definition) is 5. The van der Waals surface area contributed by atoms with Crippen molar-refractivity contribution in [2.75, 3.05) is 18.0 Å². The summed E-state index contributed by atoms with van der Waals surface area (Å²) in [5.74, 6) is -0.658. The average molecular weight is 469 g/mol. The largest absolute Gasteiger partial charge is 0.478 e. The van der Waals surface area contributed by atoms with E-state index in [2.05, 4.69) is 10.2 Å². The second kappa shape index (κ2) is 9.32. The number of carboxylic acid groups (broad SMARTS) is 1. The van der Waals surface area contributed by atoms with Crippen molar-refractivity contribution in [2.45, 2.75) is 51.8 Å². The van der Waals surface area contributed by atoms with Crippen molar-refractivity contribution in [3.8, 4) is 0 Å². The summed E-state index contributed by atoms with van der Waals surface area (Å²) >= 11 is 0. The Morgan fingerprint density at radius 2 is 1.94 bits per heavy atom. The van der Waals surface area contributed by atoms with Crippen molar-refractivity contribution >= 4 is 29.0 Å². The fraction of sp³-hybridized carbons (Fsp3) is 0.400. The maximum atomic E-state index is 13.4. The van der Waals surface area contributed by atoms with Crippen molar-refractivity contribution in [3.63, 3.8) is 0 Å². The Morgan fingerprint density at radius 3 is 2.62 bits per heavy atom. The number of piperidine rings is 1. The minimum absolute atomic E-state index is 0.114. The van der Waals surface area contributed by atoms with Gasteiger partial charge < -0.3 is 24.6 Å². The van der Waals surface area contributed by atoms with Crippen LogP contribution in [-0.4, -0.2) is 51.5 Å². The number of carboxylic acids is 1. The van der Waals surface area contributed by atoms with Crippen LogP contribution >= 0.6 is 0 Å². The van der Waals surface area contributed by atoms with Crippen molar-refractivity contribution in [3.05, 3.63) is 59.4 Å². The number of nitrogens with zero attached hydrogens (tertiary/aromatic N) is 3. The summed E-state index contributed by atoms with van der Waals surface area (Å²) in [5.41, 5.74) is 1.81. The Balaban J connectivity index is 1.65. The van der Waals surface area contributed by atoms with Crippen LogP contribution in [-0.2, 0) is 11.3 Å². The minimum Gasteiger partial charge on any atom is -0.478 e. The van der Waals surface area contributed by atoms with Crippen LogP contribution in [0.15, 0.2) is 42.5 Å². The highest BCUT2D eigenvalue weighted by atomic mass is 19.1. The average Bonchev–Trinajstić information content (AvgIpc) is 3.11. The molecule has 0 bridgehead atoms. The van der Waals surface area contributed by atoms with E-state index in [1.807, 2.05) is 25.3 Å². The quantitative estimate of drug-likeness (QED) is 0.576. The summed E-state index contributed by atoms with van der Waals surface area (Å²) in [6.45, 7) is 7.15. The molecule has 1 aliphatic rings. The van der Waals surface area contributed by atoms with E-state index < -0.39 is 17.7 Å². The third-order valence-electron chi connectivity index (χ3n) is 5.65. The molecule has 8 nitrogen and oxygen atoms in total. The fourth-order valence-electron chi connectivity index (χ4n) is 4.16. The highest BCUT2D eigenvalue weighted by molar-refractivity contribution is 5.93. The molecule has 0 aliphatic carbocycles. The zero-order valence-electron chi connectivity index (χ0n) is 19.5. The van der Waals surface area contributed by atoms with Crippen LogP contribution in [0.5, 0.6) is 0 Å². The van der Waals surface area contributed by atoms with E-state index >= 15 is 0 Å². The molecular formula is C25H29FN4O4. The number of benzene rings is 2. The number of fused-ring (bicyclic) bond motifs is 1. The van der Waals surface area contributed by atoms with Gasteiger partial charge in [0.2, 0.25) is 5.95 Å². The summed E-state index contributed by atoms with van der Waals surface area (Å²) in [4.78, 5) is 30.8. The van der Waals surface area contributed by atoms with Gasteiger partial charge in [0, 0.05) is 19.1 Å². The Labute approximate surface area is 197 Å². The van der Waals surface area contributed by atoms with Gasteiger partial charge in [-0.25, -0.2) is 19.0 Å². The van der Waals surface area contributed by atoms with Gasteiger partial charge in [-0.3, -0.25) is 0 Å². The Hall–Kier alpha value is -3.62. The van der Waals surface area contributed by atoms with Crippen LogP contribution in [0.25, 0.3) is 11.0 Å². The monoisotopic (exact) mass is 468 g/mol. The first-order chi connectivity index (χ1) is 16.1. The smallest absolute Gasteiger partial charge is 0.407 e. The molecule has 2 aromatic carbocycles. The third kappa shape index (κ3) is 5.47. The zero-order chi connectivity index (χ0) is 24.5. The maximum absolute atomic E-state index is 13.4. The molecule has 2 heterocycles. The number of carbonyl (C=O) groups excluding carboxylic acids is 1. The van der Waals surface area contributed by atoms with Gasteiger partial charge in [0.1, 0.15) is 11.4 Å². The SMILES string of the molecule is CC(C)(C)OC(=O)NC1CCCN(c2nc3ccc(C(=O)O)cc3n2Cc2ccc(F)cc2)C1. The van der Waals surface area contributed by atoms with Crippen LogP contribution in [0.1, 0.15) is 49.5 Å². The van der Waals surface area contributed by atoms with Gasteiger partial charge in [-0.15, -0.1) is 0 Å². The van der Waals surface area contributed by atoms with Gasteiger partial charge in [-0.1, -0.05) is 12.1 Å². The highest BCUT2D eigenvalue weighted by Gasteiger charge is 2.27. The number of aromatic nitrogens is 2. The highest BCUT2D eigenvalue weighted by Crippen LogP contribution is 2.27. The van der Waals surface area contributed by atoms with Crippen molar-refractivity contribution in [2.24, 2.45) is 0 Å². The first kappa shape index (κ1) is 23.5. The molecule has 1 aromatic heterocycles. The summed E-state index contributed by atoms with van der Waals surface area (Å²) in [7, 11) is 0. The van der Waals surface area contributed by atoms with E-state index in [0.29, 0.717) is 30.1 Å². The minimum atomic E-state index is -1.02. The molecule has 34 heavy (non-hydrogen) atoms. The predicted octanol–water partition coefficient (Wildman–Crippen LogP) is 4.42. The van der Waals surface area contributed by atoms with Crippen LogP contribution < -0.4 is 10.2 Å². The van der Waals surface area contributed by atoms with E-state index in [0.717, 1.165) is 24.9 Å². The standard InChI is InChI=1S/C25H29FN4O4/c1-25(2,3)34-24(33)27-19-5-4-12-29(15-19)23-28-20-11-8-17(22(31)32)13-21(20)30(23)14-16-6-9-18(26)10-7-16/h6-11,13,19H,4-5,12,14-15H2,1-3H3,(H,27,33)(H,31,32). The number of rotatable bonds is 5. The number of alkyl carbamates (subject to hydrolysis) is 1. The second-order valence-electron chi connectivity index (χ2n) is 9.56. The molecule has 1 fully saturated rings. The summed E-state index contributed by atoms with van der Waals surface area (Å²) in [5, 5.41) is 12.4. The lowest BCUT2D eigenvalue weighted by atomic mass is 10.1. The topological polar surface area (TPSA) is 96.7 Å². The number of amides is 1. The zero-order valence-corrected chi connectivity index (χ0v) is 19.5. The lowest BCUT2D eigenvalue weighted by molar-refractivity contribution is 0.0499. The van der Waals surface area contributed by atoms with Crippen LogP contribution in [0.2, 0.25) is 0 Å². The van der Waals surface area contributed by atoms with Gasteiger partial charge in [0.15, 0.2) is 0 Å². The van der Waals surface area contributed by atoms with Gasteiger partial charge >= 0.3 is 12.1 Å². The molecule has 0 spiro atoms. The molecule has 0 saturated carbocycles. The summed E-state index contributed by atoms with van der Waals surface area (Å²) in [6.07, 6.45) is 1.21. The lowest BCUT2D eigenvalue weighted by Gasteiger charge is -2.34. The Kier molecular flexibility index (Phi) is 6.45. The number of anilines is 1. The van der Waals surface area contributed by atoms with Crippen LogP contribution in [0, 0.1) is 5.82 Å². The van der Waals surface area contributed by atoms with Crippen molar-refractivity contribution in [1.82, 2.24) is 14.9 Å². The van der Waals surface area contributed by atoms with E-state index in [4.69, 9.17) is 9.72 Å². The number of nitrogens with one attached hydrogen (secondary N) is 1. The molecule has 2 N–H and O–H groups in total. The predicted molar refractivity (Wildman–Crippen MR) is 127 cm³/mol. The van der Waals surface area contributed by atoms with E-state index in [1.165, 1.54) is 18.2 Å². The first-order valence-electron chi connectivity index (χ1n) is 11.3. The summed E-state index contributed by atoms with van der Waals surface area (Å²) in [6, 6.07) is 10.9. The molecule has 3 aromatic rings. The Morgan fingerprint density at radius 1 is 1.21 bits per heavy atom. The number of halogens is 1. The molecule has 180 valence electrons. The number of aromatic carboxylic acids is 1. The molecule has 1 aliphatic heterocycles. The molecule has 9 heteroatoms. The maximum Gasteiger partial charge on any atom is 0.407 e. The summed E-state index contributed by atoms with van der Waals surface area (Å²) < 4.78 is 20.8. The van der Waals surface area contributed by atoms with Crippen molar-refractivity contribution < 1.29 is 23.8 Å². The van der Waals surface area contributed by atoms with E-state index in [1.54, 1.807) is 24.3 Å².